The number of nitrogens with two attached hydrogens (primary N) is 1. The summed E-state index contributed by atoms with van der Waals surface area (Å²) in [5.74, 6) is 1.47. The lowest BCUT2D eigenvalue weighted by atomic mass is 10.3. The summed E-state index contributed by atoms with van der Waals surface area (Å²) < 4.78 is 10.7. The molecule has 2 N–H and O–H groups in total. The average molecular weight is 272 g/mol. The van der Waals surface area contributed by atoms with Gasteiger partial charge in [-0.05, 0) is 32.2 Å². The Kier molecular flexibility index (Phi) is 3.15. The summed E-state index contributed by atoms with van der Waals surface area (Å²) in [6.45, 7) is 3.15. The molecule has 0 saturated heterocycles. The number of anilines is 1. The fraction of sp³-hybridized carbons (Fsp3) is 0.286. The van der Waals surface area contributed by atoms with E-state index in [9.17, 15) is 0 Å². The molecule has 0 atom stereocenters. The maximum Gasteiger partial charge on any atom is 0.209 e. The number of rotatable bonds is 4. The maximum atomic E-state index is 5.73. The first-order valence-electron chi connectivity index (χ1n) is 6.36. The quantitative estimate of drug-likeness (QED) is 0.734. The van der Waals surface area contributed by atoms with E-state index in [1.807, 2.05) is 32.2 Å². The lowest BCUT2D eigenvalue weighted by molar-refractivity contribution is 0.274. The Morgan fingerprint density at radius 3 is 2.85 bits per heavy atom. The van der Waals surface area contributed by atoms with Crippen molar-refractivity contribution in [2.45, 2.75) is 20.0 Å². The van der Waals surface area contributed by atoms with Gasteiger partial charge in [-0.2, -0.15) is 0 Å². The third-order valence-corrected chi connectivity index (χ3v) is 2.97. The zero-order valence-corrected chi connectivity index (χ0v) is 11.5. The summed E-state index contributed by atoms with van der Waals surface area (Å²) in [6.07, 6.45) is 0. The van der Waals surface area contributed by atoms with Gasteiger partial charge in [-0.15, -0.1) is 0 Å². The van der Waals surface area contributed by atoms with Crippen LogP contribution in [0.1, 0.15) is 17.3 Å². The highest BCUT2D eigenvalue weighted by molar-refractivity contribution is 5.76. The normalized spacial score (nSPS) is 11.6. The van der Waals surface area contributed by atoms with Crippen LogP contribution >= 0.6 is 0 Å². The van der Waals surface area contributed by atoms with Crippen LogP contribution in [0.5, 0.6) is 0 Å². The Bertz CT molecular complexity index is 732. The van der Waals surface area contributed by atoms with Crippen LogP contribution in [0.25, 0.3) is 11.1 Å². The molecule has 0 aliphatic rings. The van der Waals surface area contributed by atoms with E-state index in [0.29, 0.717) is 24.7 Å². The van der Waals surface area contributed by atoms with E-state index >= 15 is 0 Å². The Morgan fingerprint density at radius 1 is 1.25 bits per heavy atom. The third-order valence-electron chi connectivity index (χ3n) is 2.97. The van der Waals surface area contributed by atoms with E-state index in [-0.39, 0.29) is 0 Å². The molecule has 2 aromatic heterocycles. The van der Waals surface area contributed by atoms with Gasteiger partial charge in [-0.25, -0.2) is 4.98 Å². The molecular formula is C14H16N4O2. The maximum absolute atomic E-state index is 5.73. The second-order valence-electron chi connectivity index (χ2n) is 4.94. The SMILES string of the molecule is Cc1cc(CN(C)Cc2nc3cc(N)ccc3o2)no1. The lowest BCUT2D eigenvalue weighted by Crippen LogP contribution is -2.17. The summed E-state index contributed by atoms with van der Waals surface area (Å²) in [4.78, 5) is 6.49. The van der Waals surface area contributed by atoms with Gasteiger partial charge in [0.1, 0.15) is 11.3 Å². The zero-order valence-electron chi connectivity index (χ0n) is 11.5. The van der Waals surface area contributed by atoms with E-state index in [1.54, 1.807) is 6.07 Å². The first-order valence-corrected chi connectivity index (χ1v) is 6.36. The van der Waals surface area contributed by atoms with Crippen molar-refractivity contribution in [3.63, 3.8) is 0 Å². The van der Waals surface area contributed by atoms with Crippen LogP contribution < -0.4 is 5.73 Å². The van der Waals surface area contributed by atoms with Gasteiger partial charge in [0, 0.05) is 18.3 Å². The Labute approximate surface area is 116 Å². The second-order valence-corrected chi connectivity index (χ2v) is 4.94. The predicted octanol–water partition coefficient (Wildman–Crippen LogP) is 2.34. The molecule has 0 radical (unpaired) electrons. The highest BCUT2D eigenvalue weighted by Gasteiger charge is 2.10. The molecule has 0 aliphatic heterocycles. The minimum Gasteiger partial charge on any atom is -0.439 e. The van der Waals surface area contributed by atoms with E-state index < -0.39 is 0 Å². The number of aryl methyl sites for hydroxylation is 1. The number of fused-ring (bicyclic) bond motifs is 1. The molecule has 0 aliphatic carbocycles. The van der Waals surface area contributed by atoms with Gasteiger partial charge in [0.05, 0.1) is 12.2 Å². The number of nitrogen functional groups attached to an aromatic ring is 1. The fourth-order valence-corrected chi connectivity index (χ4v) is 2.12. The number of oxazole rings is 1. The molecule has 0 amide bonds. The number of hydrogen-bond donors (Lipinski definition) is 1. The van der Waals surface area contributed by atoms with Crippen molar-refractivity contribution in [1.82, 2.24) is 15.0 Å². The van der Waals surface area contributed by atoms with Gasteiger partial charge in [0.2, 0.25) is 5.89 Å². The van der Waals surface area contributed by atoms with Crippen LogP contribution in [-0.4, -0.2) is 22.1 Å². The van der Waals surface area contributed by atoms with Crippen molar-refractivity contribution in [1.29, 1.82) is 0 Å². The highest BCUT2D eigenvalue weighted by atomic mass is 16.5. The molecule has 0 saturated carbocycles. The standard InChI is InChI=1S/C14H16N4O2/c1-9-5-11(17-20-9)7-18(2)8-14-16-12-6-10(15)3-4-13(12)19-14/h3-6H,7-8,15H2,1-2H3. The zero-order chi connectivity index (χ0) is 14.1. The van der Waals surface area contributed by atoms with E-state index in [0.717, 1.165) is 22.6 Å². The highest BCUT2D eigenvalue weighted by Crippen LogP contribution is 2.19. The van der Waals surface area contributed by atoms with Gasteiger partial charge >= 0.3 is 0 Å². The molecule has 0 unspecified atom stereocenters. The minimum absolute atomic E-state index is 0.598. The summed E-state index contributed by atoms with van der Waals surface area (Å²) in [7, 11) is 1.98. The van der Waals surface area contributed by atoms with Gasteiger partial charge in [-0.3, -0.25) is 4.90 Å². The van der Waals surface area contributed by atoms with Crippen LogP contribution in [0.4, 0.5) is 5.69 Å². The first kappa shape index (κ1) is 12.7. The lowest BCUT2D eigenvalue weighted by Gasteiger charge is -2.11. The monoisotopic (exact) mass is 272 g/mol. The van der Waals surface area contributed by atoms with E-state index in [1.165, 1.54) is 0 Å². The molecule has 20 heavy (non-hydrogen) atoms. The van der Waals surface area contributed by atoms with Crippen LogP contribution in [0.15, 0.2) is 33.2 Å². The molecule has 3 aromatic rings. The number of nitrogens with zero attached hydrogens (tertiary/aromatic N) is 3. The largest absolute Gasteiger partial charge is 0.439 e. The van der Waals surface area contributed by atoms with Crippen molar-refractivity contribution in [2.24, 2.45) is 0 Å². The van der Waals surface area contributed by atoms with Gasteiger partial charge in [0.25, 0.3) is 0 Å². The molecule has 1 aromatic carbocycles. The summed E-state index contributed by atoms with van der Waals surface area (Å²) in [5.41, 5.74) is 8.84. The molecule has 6 nitrogen and oxygen atoms in total. The van der Waals surface area contributed by atoms with Gasteiger partial charge in [-0.1, -0.05) is 5.16 Å². The van der Waals surface area contributed by atoms with E-state index in [4.69, 9.17) is 14.7 Å². The Hall–Kier alpha value is -2.34. The molecular weight excluding hydrogens is 256 g/mol. The molecule has 0 bridgehead atoms. The summed E-state index contributed by atoms with van der Waals surface area (Å²) >= 11 is 0. The molecule has 6 heteroatoms. The van der Waals surface area contributed by atoms with Crippen molar-refractivity contribution in [2.75, 3.05) is 12.8 Å². The van der Waals surface area contributed by atoms with Crippen LogP contribution in [0.2, 0.25) is 0 Å². The summed E-state index contributed by atoms with van der Waals surface area (Å²) in [6, 6.07) is 7.37. The average Bonchev–Trinajstić information content (AvgIpc) is 2.94. The van der Waals surface area contributed by atoms with Gasteiger partial charge < -0.3 is 14.7 Å². The van der Waals surface area contributed by atoms with Crippen molar-refractivity contribution in [3.05, 3.63) is 41.6 Å². The number of hydrogen-bond acceptors (Lipinski definition) is 6. The molecule has 0 fully saturated rings. The molecule has 3 rings (SSSR count). The Balaban J connectivity index is 1.72. The van der Waals surface area contributed by atoms with Crippen molar-refractivity contribution in [3.8, 4) is 0 Å². The smallest absolute Gasteiger partial charge is 0.209 e. The van der Waals surface area contributed by atoms with Crippen molar-refractivity contribution < 1.29 is 8.94 Å². The predicted molar refractivity (Wildman–Crippen MR) is 74.8 cm³/mol. The number of aromatic nitrogens is 2. The van der Waals surface area contributed by atoms with Gasteiger partial charge in [0.15, 0.2) is 5.58 Å². The Morgan fingerprint density at radius 2 is 2.10 bits per heavy atom. The molecule has 0 spiro atoms. The van der Waals surface area contributed by atoms with Crippen LogP contribution in [0.3, 0.4) is 0 Å². The third kappa shape index (κ3) is 2.65. The van der Waals surface area contributed by atoms with Crippen molar-refractivity contribution >= 4 is 16.8 Å². The van der Waals surface area contributed by atoms with Crippen LogP contribution in [0, 0.1) is 6.92 Å². The van der Waals surface area contributed by atoms with E-state index in [2.05, 4.69) is 15.0 Å². The topological polar surface area (TPSA) is 81.3 Å². The molecule has 2 heterocycles. The minimum atomic E-state index is 0.598. The summed E-state index contributed by atoms with van der Waals surface area (Å²) in [5, 5.41) is 3.97. The number of benzene rings is 1. The van der Waals surface area contributed by atoms with Crippen LogP contribution in [-0.2, 0) is 13.1 Å². The molecule has 104 valence electrons. The fourth-order valence-electron chi connectivity index (χ4n) is 2.12. The second kappa shape index (κ2) is 4.97. The first-order chi connectivity index (χ1) is 9.60.